The zero-order valence-corrected chi connectivity index (χ0v) is 10.8. The van der Waals surface area contributed by atoms with Crippen molar-refractivity contribution in [3.63, 3.8) is 0 Å². The molecule has 2 aromatic heterocycles. The normalized spacial score (nSPS) is 10.4. The van der Waals surface area contributed by atoms with Gasteiger partial charge in [0.25, 0.3) is 5.91 Å². The van der Waals surface area contributed by atoms with E-state index in [1.807, 2.05) is 25.6 Å². The summed E-state index contributed by atoms with van der Waals surface area (Å²) >= 11 is 0. The van der Waals surface area contributed by atoms with Crippen LogP contribution in [0.1, 0.15) is 27.3 Å². The Bertz CT molecular complexity index is 560. The highest BCUT2D eigenvalue weighted by Crippen LogP contribution is 2.11. The third kappa shape index (κ3) is 2.40. The van der Waals surface area contributed by atoms with Crippen molar-refractivity contribution in [3.8, 4) is 0 Å². The van der Waals surface area contributed by atoms with Gasteiger partial charge in [-0.05, 0) is 26.0 Å². The average Bonchev–Trinajstić information content (AvgIpc) is 2.62. The largest absolute Gasteiger partial charge is 0.348 e. The van der Waals surface area contributed by atoms with E-state index in [1.165, 1.54) is 0 Å². The number of hydrogen-bond acceptors (Lipinski definition) is 3. The van der Waals surface area contributed by atoms with Crippen LogP contribution in [0.4, 0.5) is 0 Å². The van der Waals surface area contributed by atoms with E-state index in [4.69, 9.17) is 0 Å². The van der Waals surface area contributed by atoms with Crippen molar-refractivity contribution in [2.75, 3.05) is 0 Å². The lowest BCUT2D eigenvalue weighted by atomic mass is 10.2. The van der Waals surface area contributed by atoms with E-state index in [9.17, 15) is 4.79 Å². The molecule has 0 radical (unpaired) electrons. The van der Waals surface area contributed by atoms with E-state index in [-0.39, 0.29) is 5.91 Å². The topological polar surface area (TPSA) is 59.8 Å². The molecular weight excluding hydrogens is 228 g/mol. The first-order chi connectivity index (χ1) is 8.59. The zero-order chi connectivity index (χ0) is 13.1. The first-order valence-electron chi connectivity index (χ1n) is 5.77. The summed E-state index contributed by atoms with van der Waals surface area (Å²) in [7, 11) is 1.90. The number of pyridine rings is 1. The van der Waals surface area contributed by atoms with Crippen LogP contribution in [-0.4, -0.2) is 20.7 Å². The highest BCUT2D eigenvalue weighted by molar-refractivity contribution is 5.93. The molecule has 2 aromatic rings. The predicted octanol–water partition coefficient (Wildman–Crippen LogP) is 1.36. The Morgan fingerprint density at radius 1 is 1.44 bits per heavy atom. The molecular formula is C13H16N4O. The van der Waals surface area contributed by atoms with Gasteiger partial charge in [-0.15, -0.1) is 0 Å². The van der Waals surface area contributed by atoms with Crippen molar-refractivity contribution in [1.29, 1.82) is 0 Å². The molecule has 2 rings (SSSR count). The number of aromatic nitrogens is 3. The summed E-state index contributed by atoms with van der Waals surface area (Å²) in [6, 6.07) is 3.49. The van der Waals surface area contributed by atoms with Gasteiger partial charge < -0.3 is 5.32 Å². The van der Waals surface area contributed by atoms with Crippen LogP contribution in [0.25, 0.3) is 0 Å². The maximum absolute atomic E-state index is 11.9. The van der Waals surface area contributed by atoms with Crippen LogP contribution in [0.5, 0.6) is 0 Å². The molecule has 0 fully saturated rings. The highest BCUT2D eigenvalue weighted by atomic mass is 16.1. The second-order valence-electron chi connectivity index (χ2n) is 4.20. The van der Waals surface area contributed by atoms with Crippen LogP contribution in [0.2, 0.25) is 0 Å². The number of carbonyl (C=O) groups excluding carboxylic acids is 1. The first kappa shape index (κ1) is 12.3. The van der Waals surface area contributed by atoms with E-state index < -0.39 is 0 Å². The molecule has 1 N–H and O–H groups in total. The van der Waals surface area contributed by atoms with E-state index in [2.05, 4.69) is 15.4 Å². The van der Waals surface area contributed by atoms with Gasteiger partial charge >= 0.3 is 0 Å². The number of aryl methyl sites for hydroxylation is 2. The van der Waals surface area contributed by atoms with Crippen LogP contribution in [0.15, 0.2) is 24.5 Å². The van der Waals surface area contributed by atoms with Crippen molar-refractivity contribution in [1.82, 2.24) is 20.1 Å². The van der Waals surface area contributed by atoms with Gasteiger partial charge in [0.1, 0.15) is 0 Å². The van der Waals surface area contributed by atoms with Gasteiger partial charge in [0, 0.05) is 37.2 Å². The summed E-state index contributed by atoms with van der Waals surface area (Å²) in [5, 5.41) is 7.19. The Morgan fingerprint density at radius 3 is 2.78 bits per heavy atom. The zero-order valence-electron chi connectivity index (χ0n) is 10.8. The first-order valence-corrected chi connectivity index (χ1v) is 5.77. The van der Waals surface area contributed by atoms with Gasteiger partial charge in [-0.2, -0.15) is 5.10 Å². The lowest BCUT2D eigenvalue weighted by Gasteiger charge is -2.05. The summed E-state index contributed by atoms with van der Waals surface area (Å²) in [6.45, 7) is 4.42. The number of hydrogen-bond donors (Lipinski definition) is 1. The fourth-order valence-electron chi connectivity index (χ4n) is 1.84. The average molecular weight is 244 g/mol. The number of amides is 1. The third-order valence-electron chi connectivity index (χ3n) is 3.01. The monoisotopic (exact) mass is 244 g/mol. The lowest BCUT2D eigenvalue weighted by molar-refractivity contribution is 0.0950. The smallest absolute Gasteiger partial charge is 0.253 e. The number of nitrogens with zero attached hydrogens (tertiary/aromatic N) is 3. The predicted molar refractivity (Wildman–Crippen MR) is 68.1 cm³/mol. The second-order valence-corrected chi connectivity index (χ2v) is 4.20. The summed E-state index contributed by atoms with van der Waals surface area (Å²) < 4.78 is 1.82. The fraction of sp³-hybridized carbons (Fsp3) is 0.308. The van der Waals surface area contributed by atoms with Crippen molar-refractivity contribution in [2.45, 2.75) is 20.4 Å². The highest BCUT2D eigenvalue weighted by Gasteiger charge is 2.11. The minimum absolute atomic E-state index is 0.120. The fourth-order valence-corrected chi connectivity index (χ4v) is 1.84. The van der Waals surface area contributed by atoms with Gasteiger partial charge in [0.15, 0.2) is 0 Å². The lowest BCUT2D eigenvalue weighted by Crippen LogP contribution is -2.23. The second kappa shape index (κ2) is 5.00. The Morgan fingerprint density at radius 2 is 2.22 bits per heavy atom. The van der Waals surface area contributed by atoms with Crippen LogP contribution in [0.3, 0.4) is 0 Å². The minimum Gasteiger partial charge on any atom is -0.348 e. The number of carbonyl (C=O) groups is 1. The van der Waals surface area contributed by atoms with Crippen molar-refractivity contribution in [2.24, 2.45) is 7.05 Å². The number of rotatable bonds is 3. The van der Waals surface area contributed by atoms with E-state index in [1.54, 1.807) is 24.5 Å². The minimum atomic E-state index is -0.120. The van der Waals surface area contributed by atoms with Gasteiger partial charge in [0.05, 0.1) is 11.3 Å². The summed E-state index contributed by atoms with van der Waals surface area (Å²) in [5.41, 5.74) is 3.65. The molecule has 0 unspecified atom stereocenters. The van der Waals surface area contributed by atoms with Crippen molar-refractivity contribution >= 4 is 5.91 Å². The SMILES string of the molecule is Cc1nn(C)c(C)c1CNC(=O)c1cccnc1. The van der Waals surface area contributed by atoms with Crippen molar-refractivity contribution < 1.29 is 4.79 Å². The Balaban J connectivity index is 2.06. The van der Waals surface area contributed by atoms with Gasteiger partial charge in [-0.1, -0.05) is 0 Å². The quantitative estimate of drug-likeness (QED) is 0.887. The molecule has 0 spiro atoms. The third-order valence-corrected chi connectivity index (χ3v) is 3.01. The molecule has 0 aliphatic carbocycles. The summed E-state index contributed by atoms with van der Waals surface area (Å²) in [4.78, 5) is 15.8. The Labute approximate surface area is 106 Å². The molecule has 94 valence electrons. The molecule has 5 nitrogen and oxygen atoms in total. The molecule has 5 heteroatoms. The molecule has 1 amide bonds. The molecule has 0 aromatic carbocycles. The Hall–Kier alpha value is -2.17. The molecule has 18 heavy (non-hydrogen) atoms. The van der Waals surface area contributed by atoms with E-state index >= 15 is 0 Å². The molecule has 0 saturated heterocycles. The Kier molecular flexibility index (Phi) is 3.41. The van der Waals surface area contributed by atoms with E-state index in [0.717, 1.165) is 17.0 Å². The standard InChI is InChI=1S/C13H16N4O/c1-9-12(10(2)17(3)16-9)8-15-13(18)11-5-4-6-14-7-11/h4-7H,8H2,1-3H3,(H,15,18). The van der Waals surface area contributed by atoms with Crippen molar-refractivity contribution in [3.05, 3.63) is 47.0 Å². The van der Waals surface area contributed by atoms with Gasteiger partial charge in [-0.25, -0.2) is 0 Å². The maximum atomic E-state index is 11.9. The van der Waals surface area contributed by atoms with E-state index in [0.29, 0.717) is 12.1 Å². The molecule has 2 heterocycles. The van der Waals surface area contributed by atoms with Crippen LogP contribution in [0, 0.1) is 13.8 Å². The maximum Gasteiger partial charge on any atom is 0.253 e. The van der Waals surface area contributed by atoms with Crippen LogP contribution < -0.4 is 5.32 Å². The number of nitrogens with one attached hydrogen (secondary N) is 1. The summed E-state index contributed by atoms with van der Waals surface area (Å²) in [6.07, 6.45) is 3.20. The molecule has 0 bridgehead atoms. The molecule has 0 aliphatic rings. The summed E-state index contributed by atoms with van der Waals surface area (Å²) in [5.74, 6) is -0.120. The van der Waals surface area contributed by atoms with Crippen LogP contribution >= 0.6 is 0 Å². The molecule has 0 aliphatic heterocycles. The molecule has 0 atom stereocenters. The van der Waals surface area contributed by atoms with Gasteiger partial charge in [-0.3, -0.25) is 14.5 Å². The van der Waals surface area contributed by atoms with Gasteiger partial charge in [0.2, 0.25) is 0 Å². The van der Waals surface area contributed by atoms with Crippen LogP contribution in [-0.2, 0) is 13.6 Å². The molecule has 0 saturated carbocycles.